The van der Waals surface area contributed by atoms with Crippen LogP contribution in [0.25, 0.3) is 0 Å². The van der Waals surface area contributed by atoms with Crippen molar-refractivity contribution in [3.63, 3.8) is 0 Å². The standard InChI is InChI=1S/C16H19N5O2/c17-10-13-15(19-11-4-7-23-8-5-11)20-14(21-16(13)22)9-12-3-1-2-6-18-12/h1-3,6,10-11,17H,4-5,7-9H2,(H2,19,20,21,22). The van der Waals surface area contributed by atoms with E-state index >= 15 is 0 Å². The topological polar surface area (TPSA) is 104 Å². The minimum atomic E-state index is -0.310. The van der Waals surface area contributed by atoms with Crippen LogP contribution in [0.2, 0.25) is 0 Å². The minimum absolute atomic E-state index is 0.208. The molecule has 3 heterocycles. The molecule has 7 nitrogen and oxygen atoms in total. The molecule has 0 saturated carbocycles. The Morgan fingerprint density at radius 3 is 2.91 bits per heavy atom. The molecule has 0 bridgehead atoms. The molecular weight excluding hydrogens is 294 g/mol. The number of ether oxygens (including phenoxy) is 1. The summed E-state index contributed by atoms with van der Waals surface area (Å²) in [4.78, 5) is 23.7. The number of hydrogen-bond acceptors (Lipinski definition) is 6. The Morgan fingerprint density at radius 1 is 1.39 bits per heavy atom. The van der Waals surface area contributed by atoms with Crippen molar-refractivity contribution in [1.29, 1.82) is 5.41 Å². The van der Waals surface area contributed by atoms with Gasteiger partial charge < -0.3 is 20.4 Å². The normalized spacial score (nSPS) is 15.3. The Morgan fingerprint density at radius 2 is 2.22 bits per heavy atom. The molecule has 1 saturated heterocycles. The van der Waals surface area contributed by atoms with E-state index in [1.807, 2.05) is 18.2 Å². The summed E-state index contributed by atoms with van der Waals surface area (Å²) in [5.74, 6) is 0.996. The molecular formula is C16H19N5O2. The summed E-state index contributed by atoms with van der Waals surface area (Å²) in [6, 6.07) is 5.83. The van der Waals surface area contributed by atoms with Crippen LogP contribution >= 0.6 is 0 Å². The van der Waals surface area contributed by atoms with E-state index in [0.717, 1.165) is 24.8 Å². The molecule has 120 valence electrons. The van der Waals surface area contributed by atoms with Gasteiger partial charge in [0.05, 0.1) is 5.56 Å². The summed E-state index contributed by atoms with van der Waals surface area (Å²) in [6.07, 6.45) is 4.92. The van der Waals surface area contributed by atoms with E-state index in [1.165, 1.54) is 0 Å². The van der Waals surface area contributed by atoms with Crippen molar-refractivity contribution >= 4 is 12.0 Å². The molecule has 2 aromatic rings. The molecule has 1 aliphatic rings. The molecule has 23 heavy (non-hydrogen) atoms. The maximum Gasteiger partial charge on any atom is 0.261 e. The summed E-state index contributed by atoms with van der Waals surface area (Å²) >= 11 is 0. The van der Waals surface area contributed by atoms with Crippen LogP contribution in [-0.2, 0) is 11.2 Å². The Kier molecular flexibility index (Phi) is 4.77. The van der Waals surface area contributed by atoms with Gasteiger partial charge in [-0.2, -0.15) is 0 Å². The first-order valence-electron chi connectivity index (χ1n) is 7.64. The van der Waals surface area contributed by atoms with Gasteiger partial charge in [0.1, 0.15) is 11.6 Å². The van der Waals surface area contributed by atoms with Crippen LogP contribution in [0.3, 0.4) is 0 Å². The highest BCUT2D eigenvalue weighted by molar-refractivity contribution is 5.83. The van der Waals surface area contributed by atoms with Gasteiger partial charge in [-0.1, -0.05) is 6.07 Å². The third-order valence-electron chi connectivity index (χ3n) is 3.79. The van der Waals surface area contributed by atoms with Crippen LogP contribution in [0.1, 0.15) is 29.9 Å². The van der Waals surface area contributed by atoms with Gasteiger partial charge in [0, 0.05) is 43.8 Å². The van der Waals surface area contributed by atoms with Crippen LogP contribution in [0.5, 0.6) is 0 Å². The van der Waals surface area contributed by atoms with Crippen LogP contribution in [0.4, 0.5) is 5.82 Å². The van der Waals surface area contributed by atoms with Crippen molar-refractivity contribution in [2.24, 2.45) is 0 Å². The van der Waals surface area contributed by atoms with Crippen LogP contribution in [0, 0.1) is 5.41 Å². The highest BCUT2D eigenvalue weighted by atomic mass is 16.5. The third-order valence-corrected chi connectivity index (χ3v) is 3.79. The smallest absolute Gasteiger partial charge is 0.261 e. The number of aromatic amines is 1. The van der Waals surface area contributed by atoms with Crippen LogP contribution in [-0.4, -0.2) is 40.4 Å². The molecule has 0 spiro atoms. The summed E-state index contributed by atoms with van der Waals surface area (Å²) < 4.78 is 5.34. The van der Waals surface area contributed by atoms with Crippen molar-refractivity contribution in [2.75, 3.05) is 18.5 Å². The van der Waals surface area contributed by atoms with Gasteiger partial charge in [-0.15, -0.1) is 0 Å². The van der Waals surface area contributed by atoms with E-state index in [1.54, 1.807) is 6.20 Å². The molecule has 2 aromatic heterocycles. The molecule has 0 atom stereocenters. The number of H-pyrrole nitrogens is 1. The van der Waals surface area contributed by atoms with Gasteiger partial charge in [0.15, 0.2) is 0 Å². The van der Waals surface area contributed by atoms with Gasteiger partial charge in [-0.25, -0.2) is 4.98 Å². The second-order valence-electron chi connectivity index (χ2n) is 5.45. The molecule has 0 amide bonds. The summed E-state index contributed by atoms with van der Waals surface area (Å²) in [5.41, 5.74) is 0.770. The van der Waals surface area contributed by atoms with E-state index in [-0.39, 0.29) is 17.2 Å². The van der Waals surface area contributed by atoms with E-state index < -0.39 is 0 Å². The molecule has 1 fully saturated rings. The molecule has 3 rings (SSSR count). The lowest BCUT2D eigenvalue weighted by molar-refractivity contribution is 0.0904. The van der Waals surface area contributed by atoms with Gasteiger partial charge in [-0.05, 0) is 25.0 Å². The number of rotatable bonds is 5. The molecule has 1 aliphatic heterocycles. The molecule has 0 aromatic carbocycles. The second kappa shape index (κ2) is 7.15. The molecule has 3 N–H and O–H groups in total. The van der Waals surface area contributed by atoms with Gasteiger partial charge in [-0.3, -0.25) is 9.78 Å². The molecule has 7 heteroatoms. The zero-order chi connectivity index (χ0) is 16.1. The van der Waals surface area contributed by atoms with E-state index in [2.05, 4.69) is 20.3 Å². The average molecular weight is 313 g/mol. The van der Waals surface area contributed by atoms with Crippen molar-refractivity contribution in [3.8, 4) is 0 Å². The van der Waals surface area contributed by atoms with E-state index in [4.69, 9.17) is 10.1 Å². The van der Waals surface area contributed by atoms with Crippen molar-refractivity contribution < 1.29 is 4.74 Å². The van der Waals surface area contributed by atoms with Crippen LogP contribution < -0.4 is 10.9 Å². The fourth-order valence-corrected chi connectivity index (χ4v) is 2.57. The Labute approximate surface area is 133 Å². The number of nitrogens with one attached hydrogen (secondary N) is 3. The van der Waals surface area contributed by atoms with E-state index in [0.29, 0.717) is 31.3 Å². The van der Waals surface area contributed by atoms with Crippen molar-refractivity contribution in [3.05, 3.63) is 51.8 Å². The zero-order valence-corrected chi connectivity index (χ0v) is 12.7. The number of anilines is 1. The third kappa shape index (κ3) is 3.81. The Hall–Kier alpha value is -2.54. The van der Waals surface area contributed by atoms with Gasteiger partial charge in [0.25, 0.3) is 5.56 Å². The highest BCUT2D eigenvalue weighted by Gasteiger charge is 2.17. The predicted molar refractivity (Wildman–Crippen MR) is 87.3 cm³/mol. The first-order chi connectivity index (χ1) is 11.3. The predicted octanol–water partition coefficient (Wildman–Crippen LogP) is 1.34. The first-order valence-corrected chi connectivity index (χ1v) is 7.64. The maximum atomic E-state index is 12.2. The SMILES string of the molecule is N=Cc1c(NC2CCOCC2)nc(Cc2ccccn2)[nH]c1=O. The maximum absolute atomic E-state index is 12.2. The van der Waals surface area contributed by atoms with Crippen LogP contribution in [0.15, 0.2) is 29.2 Å². The fourth-order valence-electron chi connectivity index (χ4n) is 2.57. The molecule has 0 radical (unpaired) electrons. The summed E-state index contributed by atoms with van der Waals surface area (Å²) in [7, 11) is 0. The Bertz CT molecular complexity index is 723. The lowest BCUT2D eigenvalue weighted by atomic mass is 10.1. The van der Waals surface area contributed by atoms with E-state index in [9.17, 15) is 4.79 Å². The lowest BCUT2D eigenvalue weighted by Crippen LogP contribution is -2.30. The number of aromatic nitrogens is 3. The van der Waals surface area contributed by atoms with Crippen molar-refractivity contribution in [2.45, 2.75) is 25.3 Å². The number of pyridine rings is 1. The molecule has 0 unspecified atom stereocenters. The first kappa shape index (κ1) is 15.4. The fraction of sp³-hybridized carbons (Fsp3) is 0.375. The summed E-state index contributed by atoms with van der Waals surface area (Å²) in [6.45, 7) is 1.39. The minimum Gasteiger partial charge on any atom is -0.381 e. The van der Waals surface area contributed by atoms with Gasteiger partial charge in [0.2, 0.25) is 0 Å². The largest absolute Gasteiger partial charge is 0.381 e. The highest BCUT2D eigenvalue weighted by Crippen LogP contribution is 2.15. The van der Waals surface area contributed by atoms with Crippen molar-refractivity contribution in [1.82, 2.24) is 15.0 Å². The quantitative estimate of drug-likeness (QED) is 0.723. The average Bonchev–Trinajstić information content (AvgIpc) is 2.57. The number of hydrogen-bond donors (Lipinski definition) is 3. The molecule has 0 aliphatic carbocycles. The van der Waals surface area contributed by atoms with Gasteiger partial charge >= 0.3 is 0 Å². The second-order valence-corrected chi connectivity index (χ2v) is 5.45. The summed E-state index contributed by atoms with van der Waals surface area (Å²) in [5, 5.41) is 10.8. The number of nitrogens with zero attached hydrogens (tertiary/aromatic N) is 2. The monoisotopic (exact) mass is 313 g/mol. The zero-order valence-electron chi connectivity index (χ0n) is 12.7. The lowest BCUT2D eigenvalue weighted by Gasteiger charge is -2.24. The Balaban J connectivity index is 1.87.